The summed E-state index contributed by atoms with van der Waals surface area (Å²) in [6.45, 7) is 0. The first-order valence-corrected chi connectivity index (χ1v) is 11.1. The predicted octanol–water partition coefficient (Wildman–Crippen LogP) is 7.06. The lowest BCUT2D eigenvalue weighted by Crippen LogP contribution is -2.28. The van der Waals surface area contributed by atoms with Crippen LogP contribution in [0, 0.1) is 0 Å². The average molecular weight is 456 g/mol. The Morgan fingerprint density at radius 2 is 1.74 bits per heavy atom. The van der Waals surface area contributed by atoms with E-state index in [4.69, 9.17) is 27.9 Å². The molecular formula is C25H23Cl2NO3. The van der Waals surface area contributed by atoms with Gasteiger partial charge >= 0.3 is 0 Å². The number of hydrogen-bond acceptors (Lipinski definition) is 3. The highest BCUT2D eigenvalue weighted by molar-refractivity contribution is 6.34. The van der Waals surface area contributed by atoms with Gasteiger partial charge in [0.1, 0.15) is 17.6 Å². The van der Waals surface area contributed by atoms with Crippen molar-refractivity contribution in [3.05, 3.63) is 87.9 Å². The van der Waals surface area contributed by atoms with E-state index in [2.05, 4.69) is 29.6 Å². The number of ether oxygens (including phenoxy) is 1. The van der Waals surface area contributed by atoms with E-state index >= 15 is 0 Å². The molecule has 1 aliphatic carbocycles. The third-order valence-electron chi connectivity index (χ3n) is 5.61. The Morgan fingerprint density at radius 1 is 0.968 bits per heavy atom. The molecule has 0 spiro atoms. The van der Waals surface area contributed by atoms with Gasteiger partial charge in [-0.3, -0.25) is 4.79 Å². The largest absolute Gasteiger partial charge is 0.507 e. The van der Waals surface area contributed by atoms with E-state index < -0.39 is 5.91 Å². The van der Waals surface area contributed by atoms with Crippen LogP contribution in [0.4, 0.5) is 5.69 Å². The maximum Gasteiger partial charge on any atom is 0.259 e. The Bertz CT molecular complexity index is 1070. The lowest BCUT2D eigenvalue weighted by Gasteiger charge is -2.32. The van der Waals surface area contributed by atoms with Gasteiger partial charge < -0.3 is 15.2 Å². The van der Waals surface area contributed by atoms with Crippen LogP contribution >= 0.6 is 23.2 Å². The molecule has 2 N–H and O–H groups in total. The maximum atomic E-state index is 12.6. The van der Waals surface area contributed by atoms with Gasteiger partial charge in [-0.1, -0.05) is 60.0 Å². The Hall–Kier alpha value is -2.69. The molecule has 0 bridgehead atoms. The van der Waals surface area contributed by atoms with E-state index in [-0.39, 0.29) is 17.4 Å². The zero-order valence-corrected chi connectivity index (χ0v) is 18.4. The minimum Gasteiger partial charge on any atom is -0.507 e. The van der Waals surface area contributed by atoms with Crippen LogP contribution in [-0.4, -0.2) is 17.1 Å². The number of nitrogens with one attached hydrogen (secondary N) is 1. The minimum absolute atomic E-state index is 0.0536. The van der Waals surface area contributed by atoms with Crippen molar-refractivity contribution < 1.29 is 14.6 Å². The second-order valence-electron chi connectivity index (χ2n) is 7.72. The van der Waals surface area contributed by atoms with Crippen LogP contribution in [-0.2, 0) is 0 Å². The molecule has 4 nitrogen and oxygen atoms in total. The fourth-order valence-electron chi connectivity index (χ4n) is 4.05. The number of carbonyl (C=O) groups excluding carboxylic acids is 1. The van der Waals surface area contributed by atoms with Gasteiger partial charge in [0.2, 0.25) is 0 Å². The highest BCUT2D eigenvalue weighted by atomic mass is 35.5. The van der Waals surface area contributed by atoms with Gasteiger partial charge in [-0.05, 0) is 55.2 Å². The normalized spacial score (nSPS) is 18.4. The first-order chi connectivity index (χ1) is 15.0. The van der Waals surface area contributed by atoms with Gasteiger partial charge in [-0.15, -0.1) is 0 Å². The van der Waals surface area contributed by atoms with E-state index in [9.17, 15) is 9.90 Å². The van der Waals surface area contributed by atoms with Gasteiger partial charge in [0.05, 0.1) is 16.3 Å². The average Bonchev–Trinajstić information content (AvgIpc) is 2.78. The predicted molar refractivity (Wildman–Crippen MR) is 125 cm³/mol. The van der Waals surface area contributed by atoms with E-state index in [1.54, 1.807) is 12.1 Å². The highest BCUT2D eigenvalue weighted by Gasteiger charge is 2.28. The smallest absolute Gasteiger partial charge is 0.259 e. The van der Waals surface area contributed by atoms with Gasteiger partial charge in [0.25, 0.3) is 5.91 Å². The number of hydrogen-bond donors (Lipinski definition) is 2. The van der Waals surface area contributed by atoms with Crippen LogP contribution in [0.1, 0.15) is 47.5 Å². The topological polar surface area (TPSA) is 58.6 Å². The second kappa shape index (κ2) is 9.63. The third kappa shape index (κ3) is 5.15. The number of phenolic OH excluding ortho intramolecular Hbond substituents is 1. The lowest BCUT2D eigenvalue weighted by atomic mass is 9.81. The number of aromatic hydroxyl groups is 1. The SMILES string of the molecule is O=C(Nc1cc(O[C@@H]2CCCC[C@@H]2c2ccccc2)ccc1Cl)c1cc(Cl)ccc1O. The highest BCUT2D eigenvalue weighted by Crippen LogP contribution is 2.37. The van der Waals surface area contributed by atoms with E-state index in [1.807, 2.05) is 12.1 Å². The molecule has 1 amide bonds. The maximum absolute atomic E-state index is 12.6. The summed E-state index contributed by atoms with van der Waals surface area (Å²) in [4.78, 5) is 12.6. The number of amides is 1. The molecule has 0 unspecified atom stereocenters. The molecule has 0 radical (unpaired) electrons. The Balaban J connectivity index is 1.53. The van der Waals surface area contributed by atoms with Crippen molar-refractivity contribution in [2.24, 2.45) is 0 Å². The molecule has 3 aromatic rings. The van der Waals surface area contributed by atoms with Gasteiger partial charge in [-0.2, -0.15) is 0 Å². The van der Waals surface area contributed by atoms with Crippen molar-refractivity contribution in [2.45, 2.75) is 37.7 Å². The quantitative estimate of drug-likeness (QED) is 0.432. The summed E-state index contributed by atoms with van der Waals surface area (Å²) in [6, 6.07) is 20.0. The van der Waals surface area contributed by atoms with E-state index in [0.717, 1.165) is 19.3 Å². The van der Waals surface area contributed by atoms with Crippen LogP contribution < -0.4 is 10.1 Å². The Labute approximate surface area is 191 Å². The van der Waals surface area contributed by atoms with Crippen LogP contribution in [0.2, 0.25) is 10.0 Å². The Kier molecular flexibility index (Phi) is 6.69. The molecule has 0 aliphatic heterocycles. The lowest BCUT2D eigenvalue weighted by molar-refractivity contribution is 0.102. The number of benzene rings is 3. The summed E-state index contributed by atoms with van der Waals surface area (Å²) in [5.74, 6) is 0.312. The molecule has 1 aliphatic rings. The monoisotopic (exact) mass is 455 g/mol. The molecule has 1 fully saturated rings. The minimum atomic E-state index is -0.501. The van der Waals surface area contributed by atoms with Gasteiger partial charge in [-0.25, -0.2) is 0 Å². The number of halogens is 2. The van der Waals surface area contributed by atoms with E-state index in [1.165, 1.54) is 30.2 Å². The summed E-state index contributed by atoms with van der Waals surface area (Å²) >= 11 is 12.3. The summed E-state index contributed by atoms with van der Waals surface area (Å²) in [5, 5.41) is 13.5. The zero-order valence-electron chi connectivity index (χ0n) is 16.9. The molecule has 0 aromatic heterocycles. The molecule has 4 rings (SSSR count). The summed E-state index contributed by atoms with van der Waals surface area (Å²) in [6.07, 6.45) is 4.42. The van der Waals surface area contributed by atoms with Crippen molar-refractivity contribution in [3.63, 3.8) is 0 Å². The van der Waals surface area contributed by atoms with Crippen LogP contribution in [0.5, 0.6) is 11.5 Å². The zero-order chi connectivity index (χ0) is 21.8. The molecule has 160 valence electrons. The fourth-order valence-corrected chi connectivity index (χ4v) is 4.38. The third-order valence-corrected chi connectivity index (χ3v) is 6.17. The van der Waals surface area contributed by atoms with Crippen molar-refractivity contribution in [1.29, 1.82) is 0 Å². The van der Waals surface area contributed by atoms with Crippen molar-refractivity contribution in [2.75, 3.05) is 5.32 Å². The van der Waals surface area contributed by atoms with E-state index in [0.29, 0.717) is 27.4 Å². The molecule has 31 heavy (non-hydrogen) atoms. The number of anilines is 1. The van der Waals surface area contributed by atoms with Gasteiger partial charge in [0, 0.05) is 17.0 Å². The van der Waals surface area contributed by atoms with Crippen molar-refractivity contribution in [3.8, 4) is 11.5 Å². The molecule has 0 saturated heterocycles. The van der Waals surface area contributed by atoms with Gasteiger partial charge in [0.15, 0.2) is 0 Å². The molecule has 0 heterocycles. The summed E-state index contributed by atoms with van der Waals surface area (Å²) in [5.41, 5.74) is 1.77. The van der Waals surface area contributed by atoms with Crippen LogP contribution in [0.3, 0.4) is 0 Å². The standard InChI is InChI=1S/C25H23Cl2NO3/c26-17-10-13-23(29)20(14-17)25(30)28-22-15-18(11-12-21(22)27)31-24-9-5-4-8-19(24)16-6-2-1-3-7-16/h1-3,6-7,10-15,19,24,29H,4-5,8-9H2,(H,28,30)/t19-,24-/m1/s1. The first kappa shape index (κ1) is 21.5. The number of phenols is 1. The molecule has 3 aromatic carbocycles. The molecular weight excluding hydrogens is 433 g/mol. The van der Waals surface area contributed by atoms with Crippen LogP contribution in [0.25, 0.3) is 0 Å². The first-order valence-electron chi connectivity index (χ1n) is 10.3. The van der Waals surface area contributed by atoms with Crippen molar-refractivity contribution in [1.82, 2.24) is 0 Å². The molecule has 6 heteroatoms. The summed E-state index contributed by atoms with van der Waals surface area (Å²) in [7, 11) is 0. The Morgan fingerprint density at radius 3 is 2.55 bits per heavy atom. The number of carbonyl (C=O) groups is 1. The fraction of sp³-hybridized carbons (Fsp3) is 0.240. The number of rotatable bonds is 5. The van der Waals surface area contributed by atoms with Crippen molar-refractivity contribution >= 4 is 34.8 Å². The second-order valence-corrected chi connectivity index (χ2v) is 8.56. The summed E-state index contributed by atoms with van der Waals surface area (Å²) < 4.78 is 6.37. The van der Waals surface area contributed by atoms with Crippen LogP contribution in [0.15, 0.2) is 66.7 Å². The molecule has 1 saturated carbocycles. The molecule has 2 atom stereocenters.